The molecule has 1 atom stereocenters. The summed E-state index contributed by atoms with van der Waals surface area (Å²) in [4.78, 5) is 15.8. The van der Waals surface area contributed by atoms with Crippen molar-refractivity contribution in [2.75, 3.05) is 26.7 Å². The van der Waals surface area contributed by atoms with E-state index < -0.39 is 11.8 Å². The van der Waals surface area contributed by atoms with E-state index in [-0.39, 0.29) is 5.56 Å². The lowest BCUT2D eigenvalue weighted by Crippen LogP contribution is -2.50. The van der Waals surface area contributed by atoms with Crippen molar-refractivity contribution in [3.05, 3.63) is 35.1 Å². The van der Waals surface area contributed by atoms with E-state index in [4.69, 9.17) is 5.11 Å². The fraction of sp³-hybridized carbons (Fsp3) is 0.533. The quantitative estimate of drug-likeness (QED) is 0.916. The molecule has 1 aromatic rings. The van der Waals surface area contributed by atoms with Crippen LogP contribution in [-0.4, -0.2) is 53.6 Å². The number of aromatic carboxylic acids is 1. The van der Waals surface area contributed by atoms with Crippen LogP contribution >= 0.6 is 0 Å². The Labute approximate surface area is 118 Å². The fourth-order valence-corrected chi connectivity index (χ4v) is 2.72. The first-order chi connectivity index (χ1) is 9.51. The second kappa shape index (κ2) is 6.33. The monoisotopic (exact) mass is 280 g/mol. The van der Waals surface area contributed by atoms with Crippen LogP contribution in [0.2, 0.25) is 0 Å². The summed E-state index contributed by atoms with van der Waals surface area (Å²) in [6, 6.07) is 4.51. The van der Waals surface area contributed by atoms with Crippen LogP contribution in [0.15, 0.2) is 18.2 Å². The van der Waals surface area contributed by atoms with Gasteiger partial charge in [-0.05, 0) is 31.2 Å². The molecule has 20 heavy (non-hydrogen) atoms. The van der Waals surface area contributed by atoms with E-state index in [0.717, 1.165) is 32.1 Å². The number of likely N-dealkylation sites (N-methyl/N-ethyl adjacent to an activating group) is 1. The Morgan fingerprint density at radius 3 is 2.85 bits per heavy atom. The summed E-state index contributed by atoms with van der Waals surface area (Å²) < 4.78 is 13.2. The van der Waals surface area contributed by atoms with Crippen molar-refractivity contribution in [3.8, 4) is 0 Å². The third kappa shape index (κ3) is 3.35. The highest BCUT2D eigenvalue weighted by Gasteiger charge is 2.24. The first-order valence-corrected chi connectivity index (χ1v) is 6.95. The Hall–Kier alpha value is -1.46. The summed E-state index contributed by atoms with van der Waals surface area (Å²) in [6.45, 7) is 5.52. The van der Waals surface area contributed by atoms with Gasteiger partial charge in [0.05, 0.1) is 5.56 Å². The van der Waals surface area contributed by atoms with Crippen molar-refractivity contribution >= 4 is 5.97 Å². The molecule has 5 heteroatoms. The van der Waals surface area contributed by atoms with Crippen molar-refractivity contribution in [1.82, 2.24) is 9.80 Å². The van der Waals surface area contributed by atoms with Crippen LogP contribution in [0.3, 0.4) is 0 Å². The number of halogens is 1. The van der Waals surface area contributed by atoms with Gasteiger partial charge in [0.2, 0.25) is 0 Å². The molecule has 1 unspecified atom stereocenters. The molecule has 0 aliphatic carbocycles. The standard InChI is InChI=1S/C15H21FN2O2/c1-3-13-10-18(7-6-17(13)2)9-11-4-5-12(16)8-14(11)15(19)20/h4-5,8,13H,3,6-7,9-10H2,1-2H3,(H,19,20). The van der Waals surface area contributed by atoms with Gasteiger partial charge in [0.15, 0.2) is 0 Å². The fourth-order valence-electron chi connectivity index (χ4n) is 2.72. The molecule has 1 saturated heterocycles. The maximum atomic E-state index is 13.2. The van der Waals surface area contributed by atoms with Crippen LogP contribution in [0.5, 0.6) is 0 Å². The van der Waals surface area contributed by atoms with E-state index in [1.807, 2.05) is 0 Å². The van der Waals surface area contributed by atoms with E-state index in [1.165, 1.54) is 6.07 Å². The highest BCUT2D eigenvalue weighted by atomic mass is 19.1. The molecule has 1 aliphatic rings. The maximum Gasteiger partial charge on any atom is 0.336 e. The van der Waals surface area contributed by atoms with Gasteiger partial charge < -0.3 is 10.0 Å². The number of rotatable bonds is 4. The SMILES string of the molecule is CCC1CN(Cc2ccc(F)cc2C(=O)O)CCN1C. The summed E-state index contributed by atoms with van der Waals surface area (Å²) >= 11 is 0. The lowest BCUT2D eigenvalue weighted by atomic mass is 10.0. The Morgan fingerprint density at radius 1 is 1.45 bits per heavy atom. The Bertz CT molecular complexity index is 493. The van der Waals surface area contributed by atoms with Crippen LogP contribution in [0.1, 0.15) is 29.3 Å². The zero-order chi connectivity index (χ0) is 14.7. The first kappa shape index (κ1) is 14.9. The van der Waals surface area contributed by atoms with E-state index in [9.17, 15) is 9.18 Å². The number of carboxylic acids is 1. The van der Waals surface area contributed by atoms with Gasteiger partial charge in [0.1, 0.15) is 5.82 Å². The van der Waals surface area contributed by atoms with Crippen molar-refractivity contribution in [1.29, 1.82) is 0 Å². The lowest BCUT2D eigenvalue weighted by Gasteiger charge is -2.39. The zero-order valence-corrected chi connectivity index (χ0v) is 12.0. The summed E-state index contributed by atoms with van der Waals surface area (Å²) in [7, 11) is 2.12. The minimum atomic E-state index is -1.07. The summed E-state index contributed by atoms with van der Waals surface area (Å²) in [5, 5.41) is 9.17. The molecule has 1 aliphatic heterocycles. The number of nitrogens with zero attached hydrogens (tertiary/aromatic N) is 2. The van der Waals surface area contributed by atoms with Crippen LogP contribution in [0.25, 0.3) is 0 Å². The number of hydrogen-bond acceptors (Lipinski definition) is 3. The second-order valence-electron chi connectivity index (χ2n) is 5.38. The largest absolute Gasteiger partial charge is 0.478 e. The van der Waals surface area contributed by atoms with Crippen molar-refractivity contribution in [2.24, 2.45) is 0 Å². The number of hydrogen-bond donors (Lipinski definition) is 1. The number of piperazine rings is 1. The molecule has 0 amide bonds. The van der Waals surface area contributed by atoms with Crippen molar-refractivity contribution < 1.29 is 14.3 Å². The van der Waals surface area contributed by atoms with Gasteiger partial charge in [0.25, 0.3) is 0 Å². The second-order valence-corrected chi connectivity index (χ2v) is 5.38. The smallest absolute Gasteiger partial charge is 0.336 e. The molecule has 0 spiro atoms. The highest BCUT2D eigenvalue weighted by molar-refractivity contribution is 5.89. The van der Waals surface area contributed by atoms with E-state index in [2.05, 4.69) is 23.8 Å². The van der Waals surface area contributed by atoms with Gasteiger partial charge in [-0.25, -0.2) is 9.18 Å². The predicted molar refractivity (Wildman–Crippen MR) is 75.3 cm³/mol. The predicted octanol–water partition coefficient (Wildman–Crippen LogP) is 2.05. The van der Waals surface area contributed by atoms with Crippen LogP contribution in [0.4, 0.5) is 4.39 Å². The van der Waals surface area contributed by atoms with Gasteiger partial charge in [-0.1, -0.05) is 13.0 Å². The number of benzene rings is 1. The minimum Gasteiger partial charge on any atom is -0.478 e. The topological polar surface area (TPSA) is 43.8 Å². The molecule has 4 nitrogen and oxygen atoms in total. The van der Waals surface area contributed by atoms with Crippen LogP contribution < -0.4 is 0 Å². The maximum absolute atomic E-state index is 13.2. The van der Waals surface area contributed by atoms with Gasteiger partial charge in [-0.2, -0.15) is 0 Å². The average molecular weight is 280 g/mol. The normalized spacial score (nSPS) is 21.1. The molecule has 1 N–H and O–H groups in total. The molecule has 0 radical (unpaired) electrons. The Kier molecular flexibility index (Phi) is 4.73. The Morgan fingerprint density at radius 2 is 2.20 bits per heavy atom. The van der Waals surface area contributed by atoms with Crippen molar-refractivity contribution in [2.45, 2.75) is 25.9 Å². The molecule has 0 aromatic heterocycles. The summed E-state index contributed by atoms with van der Waals surface area (Å²) in [5.41, 5.74) is 0.746. The molecule has 1 aromatic carbocycles. The summed E-state index contributed by atoms with van der Waals surface area (Å²) in [6.07, 6.45) is 1.07. The molecular weight excluding hydrogens is 259 g/mol. The van der Waals surface area contributed by atoms with E-state index in [1.54, 1.807) is 6.07 Å². The third-order valence-corrected chi connectivity index (χ3v) is 4.03. The van der Waals surface area contributed by atoms with Gasteiger partial charge in [0, 0.05) is 32.2 Å². The van der Waals surface area contributed by atoms with E-state index in [0.29, 0.717) is 18.2 Å². The average Bonchev–Trinajstić information content (AvgIpc) is 2.42. The molecule has 2 rings (SSSR count). The molecular formula is C15H21FN2O2. The van der Waals surface area contributed by atoms with Gasteiger partial charge >= 0.3 is 5.97 Å². The van der Waals surface area contributed by atoms with Crippen molar-refractivity contribution in [3.63, 3.8) is 0 Å². The minimum absolute atomic E-state index is 0.0666. The summed E-state index contributed by atoms with van der Waals surface area (Å²) in [5.74, 6) is -1.57. The number of carbonyl (C=O) groups is 1. The Balaban J connectivity index is 2.12. The highest BCUT2D eigenvalue weighted by Crippen LogP contribution is 2.17. The van der Waals surface area contributed by atoms with Gasteiger partial charge in [-0.3, -0.25) is 4.90 Å². The molecule has 0 saturated carbocycles. The molecule has 1 fully saturated rings. The third-order valence-electron chi connectivity index (χ3n) is 4.03. The van der Waals surface area contributed by atoms with Crippen LogP contribution in [-0.2, 0) is 6.54 Å². The lowest BCUT2D eigenvalue weighted by molar-refractivity contribution is 0.0687. The molecule has 0 bridgehead atoms. The van der Waals surface area contributed by atoms with Gasteiger partial charge in [-0.15, -0.1) is 0 Å². The molecule has 1 heterocycles. The molecule has 110 valence electrons. The number of carboxylic acid groups (broad SMARTS) is 1. The first-order valence-electron chi connectivity index (χ1n) is 6.95. The van der Waals surface area contributed by atoms with Crippen LogP contribution in [0, 0.1) is 5.82 Å². The zero-order valence-electron chi connectivity index (χ0n) is 12.0. The van der Waals surface area contributed by atoms with E-state index >= 15 is 0 Å².